The van der Waals surface area contributed by atoms with Crippen LogP contribution in [0.25, 0.3) is 0 Å². The minimum atomic E-state index is -0.965. The van der Waals surface area contributed by atoms with Crippen molar-refractivity contribution in [3.8, 4) is 11.5 Å². The predicted molar refractivity (Wildman–Crippen MR) is 69.1 cm³/mol. The summed E-state index contributed by atoms with van der Waals surface area (Å²) in [5, 5.41) is 12.3. The molecule has 2 heterocycles. The highest BCUT2D eigenvalue weighted by Gasteiger charge is 2.34. The van der Waals surface area contributed by atoms with Crippen LogP contribution in [-0.4, -0.2) is 35.9 Å². The zero-order valence-electron chi connectivity index (χ0n) is 11.0. The maximum absolute atomic E-state index is 11.2. The van der Waals surface area contributed by atoms with Crippen LogP contribution >= 0.6 is 0 Å². The third kappa shape index (κ3) is 2.26. The second-order valence-corrected chi connectivity index (χ2v) is 5.69. The zero-order valence-corrected chi connectivity index (χ0v) is 11.0. The van der Waals surface area contributed by atoms with Crippen molar-refractivity contribution in [2.45, 2.75) is 32.0 Å². The molecule has 1 saturated heterocycles. The number of carboxylic acid groups (broad SMARTS) is 1. The molecule has 1 aromatic carbocycles. The van der Waals surface area contributed by atoms with Gasteiger partial charge < -0.3 is 19.9 Å². The van der Waals surface area contributed by atoms with Gasteiger partial charge in [-0.05, 0) is 26.0 Å². The second kappa shape index (κ2) is 4.13. The molecule has 5 nitrogen and oxygen atoms in total. The molecule has 0 saturated carbocycles. The van der Waals surface area contributed by atoms with Crippen LogP contribution < -0.4 is 14.8 Å². The van der Waals surface area contributed by atoms with Crippen LogP contribution in [0, 0.1) is 0 Å². The highest BCUT2D eigenvalue weighted by Crippen LogP contribution is 2.41. The number of nitrogens with one attached hydrogen (secondary N) is 1. The summed E-state index contributed by atoms with van der Waals surface area (Å²) in [6, 6.07) is 3.18. The predicted octanol–water partition coefficient (Wildman–Crippen LogP) is 1.45. The Kier molecular flexibility index (Phi) is 2.67. The van der Waals surface area contributed by atoms with Crippen LogP contribution in [-0.2, 0) is 6.42 Å². The summed E-state index contributed by atoms with van der Waals surface area (Å²) in [7, 11) is 0. The van der Waals surface area contributed by atoms with Gasteiger partial charge in [0.2, 0.25) is 0 Å². The molecule has 102 valence electrons. The lowest BCUT2D eigenvalue weighted by Crippen LogP contribution is -2.50. The van der Waals surface area contributed by atoms with Crippen molar-refractivity contribution >= 4 is 5.97 Å². The molecule has 0 unspecified atom stereocenters. The van der Waals surface area contributed by atoms with Crippen molar-refractivity contribution in [1.82, 2.24) is 5.32 Å². The van der Waals surface area contributed by atoms with Gasteiger partial charge >= 0.3 is 5.97 Å². The lowest BCUT2D eigenvalue weighted by Gasteiger charge is -2.28. The van der Waals surface area contributed by atoms with Crippen molar-refractivity contribution in [2.24, 2.45) is 0 Å². The first-order valence-electron chi connectivity index (χ1n) is 6.41. The van der Waals surface area contributed by atoms with Crippen molar-refractivity contribution in [1.29, 1.82) is 0 Å². The van der Waals surface area contributed by atoms with E-state index in [9.17, 15) is 4.79 Å². The molecule has 2 aliphatic rings. The number of fused-ring (bicyclic) bond motifs is 1. The number of carboxylic acids is 1. The molecule has 19 heavy (non-hydrogen) atoms. The van der Waals surface area contributed by atoms with Gasteiger partial charge in [0.25, 0.3) is 0 Å². The van der Waals surface area contributed by atoms with E-state index in [0.717, 1.165) is 25.1 Å². The van der Waals surface area contributed by atoms with Crippen LogP contribution in [0.1, 0.15) is 29.8 Å². The molecule has 1 fully saturated rings. The monoisotopic (exact) mass is 263 g/mol. The van der Waals surface area contributed by atoms with Gasteiger partial charge in [-0.2, -0.15) is 0 Å². The molecule has 2 N–H and O–H groups in total. The van der Waals surface area contributed by atoms with Crippen LogP contribution in [0.3, 0.4) is 0 Å². The normalized spacial score (nSPS) is 20.3. The van der Waals surface area contributed by atoms with Crippen LogP contribution in [0.15, 0.2) is 12.1 Å². The van der Waals surface area contributed by atoms with Gasteiger partial charge in [0, 0.05) is 25.1 Å². The number of carbonyl (C=O) groups is 1. The van der Waals surface area contributed by atoms with Gasteiger partial charge in [0.05, 0.1) is 5.56 Å². The lowest BCUT2D eigenvalue weighted by molar-refractivity contribution is 0.0694. The Labute approximate surface area is 111 Å². The molecule has 0 atom stereocenters. The third-order valence-corrected chi connectivity index (χ3v) is 3.44. The molecule has 1 aromatic rings. The first-order valence-corrected chi connectivity index (χ1v) is 6.41. The van der Waals surface area contributed by atoms with Crippen LogP contribution in [0.4, 0.5) is 0 Å². The Bertz CT molecular complexity index is 534. The molecule has 5 heteroatoms. The Morgan fingerprint density at radius 1 is 1.47 bits per heavy atom. The van der Waals surface area contributed by atoms with E-state index >= 15 is 0 Å². The minimum absolute atomic E-state index is 0.122. The van der Waals surface area contributed by atoms with E-state index in [1.807, 2.05) is 13.8 Å². The Morgan fingerprint density at radius 2 is 2.21 bits per heavy atom. The summed E-state index contributed by atoms with van der Waals surface area (Å²) in [5.74, 6) is 0.312. The van der Waals surface area contributed by atoms with E-state index < -0.39 is 5.97 Å². The maximum atomic E-state index is 11.2. The summed E-state index contributed by atoms with van der Waals surface area (Å²) < 4.78 is 11.7. The molecule has 0 radical (unpaired) electrons. The zero-order chi connectivity index (χ0) is 13.6. The number of aromatic carboxylic acids is 1. The van der Waals surface area contributed by atoms with E-state index in [4.69, 9.17) is 14.6 Å². The number of ether oxygens (including phenoxy) is 2. The number of rotatable bonds is 3. The number of hydrogen-bond donors (Lipinski definition) is 2. The molecule has 0 spiro atoms. The molecule has 0 aliphatic carbocycles. The lowest BCUT2D eigenvalue weighted by atomic mass is 9.99. The Balaban J connectivity index is 1.99. The molecular weight excluding hydrogens is 246 g/mol. The van der Waals surface area contributed by atoms with Crippen molar-refractivity contribution in [3.63, 3.8) is 0 Å². The van der Waals surface area contributed by atoms with Gasteiger partial charge in [-0.15, -0.1) is 0 Å². The molecule has 0 aromatic heterocycles. The van der Waals surface area contributed by atoms with Crippen LogP contribution in [0.2, 0.25) is 0 Å². The SMILES string of the molecule is CC1(C)Cc2c(OC3CNC3)cc(C(=O)O)cc2O1. The van der Waals surface area contributed by atoms with Gasteiger partial charge in [-0.1, -0.05) is 0 Å². The summed E-state index contributed by atoms with van der Waals surface area (Å²) in [4.78, 5) is 11.2. The van der Waals surface area contributed by atoms with Gasteiger partial charge in [0.15, 0.2) is 0 Å². The molecule has 2 aliphatic heterocycles. The fourth-order valence-corrected chi connectivity index (χ4v) is 2.40. The fourth-order valence-electron chi connectivity index (χ4n) is 2.40. The molecule has 0 amide bonds. The first kappa shape index (κ1) is 12.3. The largest absolute Gasteiger partial charge is 0.487 e. The highest BCUT2D eigenvalue weighted by atomic mass is 16.5. The molecule has 3 rings (SSSR count). The quantitative estimate of drug-likeness (QED) is 0.864. The highest BCUT2D eigenvalue weighted by molar-refractivity contribution is 5.89. The standard InChI is InChI=1S/C14H17NO4/c1-14(2)5-10-11(18-9-6-15-7-9)3-8(13(16)17)4-12(10)19-14/h3-4,9,15H,5-7H2,1-2H3,(H,16,17). The van der Waals surface area contributed by atoms with Gasteiger partial charge in [-0.3, -0.25) is 0 Å². The number of benzene rings is 1. The Hall–Kier alpha value is -1.75. The van der Waals surface area contributed by atoms with E-state index in [1.165, 1.54) is 0 Å². The van der Waals surface area contributed by atoms with E-state index in [2.05, 4.69) is 5.32 Å². The van der Waals surface area contributed by atoms with Gasteiger partial charge in [-0.25, -0.2) is 4.79 Å². The van der Waals surface area contributed by atoms with E-state index in [-0.39, 0.29) is 17.3 Å². The topological polar surface area (TPSA) is 67.8 Å². The van der Waals surface area contributed by atoms with Crippen molar-refractivity contribution < 1.29 is 19.4 Å². The van der Waals surface area contributed by atoms with Crippen molar-refractivity contribution in [3.05, 3.63) is 23.3 Å². The summed E-state index contributed by atoms with van der Waals surface area (Å²) in [5.41, 5.74) is 0.871. The summed E-state index contributed by atoms with van der Waals surface area (Å²) in [6.07, 6.45) is 0.856. The maximum Gasteiger partial charge on any atom is 0.335 e. The Morgan fingerprint density at radius 3 is 2.79 bits per heavy atom. The van der Waals surface area contributed by atoms with E-state index in [0.29, 0.717) is 11.5 Å². The fraction of sp³-hybridized carbons (Fsp3) is 0.500. The second-order valence-electron chi connectivity index (χ2n) is 5.69. The minimum Gasteiger partial charge on any atom is -0.487 e. The average Bonchev–Trinajstić information content (AvgIpc) is 2.56. The number of hydrogen-bond acceptors (Lipinski definition) is 4. The molecule has 0 bridgehead atoms. The molecular formula is C14H17NO4. The van der Waals surface area contributed by atoms with Gasteiger partial charge in [0.1, 0.15) is 23.2 Å². The summed E-state index contributed by atoms with van der Waals surface area (Å²) >= 11 is 0. The first-order chi connectivity index (χ1) is 8.94. The van der Waals surface area contributed by atoms with Crippen molar-refractivity contribution in [2.75, 3.05) is 13.1 Å². The van der Waals surface area contributed by atoms with Crippen LogP contribution in [0.5, 0.6) is 11.5 Å². The average molecular weight is 263 g/mol. The third-order valence-electron chi connectivity index (χ3n) is 3.44. The smallest absolute Gasteiger partial charge is 0.335 e. The van der Waals surface area contributed by atoms with E-state index in [1.54, 1.807) is 12.1 Å². The summed E-state index contributed by atoms with van der Waals surface area (Å²) in [6.45, 7) is 5.58.